The Morgan fingerprint density at radius 3 is 2.62 bits per heavy atom. The van der Waals surface area contributed by atoms with Gasteiger partial charge >= 0.3 is 0 Å². The highest BCUT2D eigenvalue weighted by atomic mass is 16.5. The molecule has 0 aliphatic carbocycles. The second-order valence-corrected chi connectivity index (χ2v) is 7.63. The molecule has 4 nitrogen and oxygen atoms in total. The highest BCUT2D eigenvalue weighted by Gasteiger charge is 2.37. The minimum absolute atomic E-state index is 0.176. The fourth-order valence-corrected chi connectivity index (χ4v) is 4.48. The lowest BCUT2D eigenvalue weighted by Gasteiger charge is -2.39. The summed E-state index contributed by atoms with van der Waals surface area (Å²) in [5.41, 5.74) is 4.05. The number of hydrogen-bond acceptors (Lipinski definition) is 3. The summed E-state index contributed by atoms with van der Waals surface area (Å²) < 4.78 is 8.73. The summed E-state index contributed by atoms with van der Waals surface area (Å²) in [5, 5.41) is 1.41. The van der Waals surface area contributed by atoms with E-state index in [1.165, 1.54) is 48.3 Å². The number of likely N-dealkylation sites (N-methyl/N-ethyl adjacent to an activating group) is 1. The Labute approximate surface area is 145 Å². The van der Waals surface area contributed by atoms with E-state index in [4.69, 9.17) is 4.74 Å². The Hall–Kier alpha value is -1.36. The lowest BCUT2D eigenvalue weighted by atomic mass is 9.89. The molecule has 1 aromatic carbocycles. The standard InChI is InChI=1S/C20H29N3O/c1-20(9-10-23-13-11-21(2)12-14-23)19-17(8-15-24-20)16-6-4-5-7-18(16)22(19)3/h4-7H,8-15H2,1-3H3. The zero-order chi connectivity index (χ0) is 16.7. The lowest BCUT2D eigenvalue weighted by molar-refractivity contribution is -0.0630. The second-order valence-electron chi connectivity index (χ2n) is 7.63. The number of nitrogens with zero attached hydrogens (tertiary/aromatic N) is 3. The molecule has 1 fully saturated rings. The van der Waals surface area contributed by atoms with Gasteiger partial charge < -0.3 is 19.1 Å². The van der Waals surface area contributed by atoms with E-state index in [-0.39, 0.29) is 5.60 Å². The van der Waals surface area contributed by atoms with E-state index >= 15 is 0 Å². The predicted molar refractivity (Wildman–Crippen MR) is 98.5 cm³/mol. The molecule has 3 heterocycles. The molecule has 0 bridgehead atoms. The minimum Gasteiger partial charge on any atom is -0.369 e. The van der Waals surface area contributed by atoms with Crippen molar-refractivity contribution in [3.05, 3.63) is 35.5 Å². The van der Waals surface area contributed by atoms with Gasteiger partial charge in [0.2, 0.25) is 0 Å². The normalized spacial score (nSPS) is 26.0. The van der Waals surface area contributed by atoms with Crippen LogP contribution in [0.25, 0.3) is 10.9 Å². The van der Waals surface area contributed by atoms with Gasteiger partial charge in [0.15, 0.2) is 0 Å². The molecule has 0 radical (unpaired) electrons. The van der Waals surface area contributed by atoms with Crippen LogP contribution in [-0.2, 0) is 23.8 Å². The zero-order valence-corrected chi connectivity index (χ0v) is 15.2. The number of rotatable bonds is 3. The summed E-state index contributed by atoms with van der Waals surface area (Å²) in [5.74, 6) is 0. The van der Waals surface area contributed by atoms with Gasteiger partial charge in [-0.1, -0.05) is 18.2 Å². The molecular formula is C20H29N3O. The molecule has 130 valence electrons. The van der Waals surface area contributed by atoms with Crippen LogP contribution in [0, 0.1) is 0 Å². The number of aryl methyl sites for hydroxylation is 1. The molecule has 24 heavy (non-hydrogen) atoms. The third kappa shape index (κ3) is 2.67. The summed E-state index contributed by atoms with van der Waals surface area (Å²) >= 11 is 0. The Morgan fingerprint density at radius 2 is 1.83 bits per heavy atom. The van der Waals surface area contributed by atoms with Gasteiger partial charge in [-0.25, -0.2) is 0 Å². The molecule has 0 amide bonds. The molecular weight excluding hydrogens is 298 g/mol. The minimum atomic E-state index is -0.176. The largest absolute Gasteiger partial charge is 0.369 e. The van der Waals surface area contributed by atoms with Gasteiger partial charge in [-0.3, -0.25) is 0 Å². The van der Waals surface area contributed by atoms with Gasteiger partial charge in [-0.15, -0.1) is 0 Å². The average molecular weight is 327 g/mol. The summed E-state index contributed by atoms with van der Waals surface area (Å²) in [7, 11) is 4.41. The molecule has 0 saturated carbocycles. The lowest BCUT2D eigenvalue weighted by Crippen LogP contribution is -2.46. The Balaban J connectivity index is 1.60. The first kappa shape index (κ1) is 16.1. The fraction of sp³-hybridized carbons (Fsp3) is 0.600. The van der Waals surface area contributed by atoms with Crippen molar-refractivity contribution in [2.24, 2.45) is 7.05 Å². The molecule has 1 saturated heterocycles. The molecule has 1 unspecified atom stereocenters. The van der Waals surface area contributed by atoms with Crippen molar-refractivity contribution in [1.82, 2.24) is 14.4 Å². The van der Waals surface area contributed by atoms with Crippen LogP contribution in [0.2, 0.25) is 0 Å². The maximum Gasteiger partial charge on any atom is 0.107 e. The fourth-order valence-electron chi connectivity index (χ4n) is 4.48. The molecule has 2 aliphatic heterocycles. The van der Waals surface area contributed by atoms with Crippen LogP contribution in [0.15, 0.2) is 24.3 Å². The van der Waals surface area contributed by atoms with Crippen LogP contribution in [-0.4, -0.2) is 60.7 Å². The molecule has 2 aromatic rings. The SMILES string of the molecule is CN1CCN(CCC2(C)OCCc3c2n(C)c2ccccc32)CC1. The summed E-state index contributed by atoms with van der Waals surface area (Å²) in [4.78, 5) is 5.00. The topological polar surface area (TPSA) is 20.6 Å². The third-order valence-electron chi connectivity index (χ3n) is 5.99. The van der Waals surface area contributed by atoms with Crippen LogP contribution in [0.5, 0.6) is 0 Å². The van der Waals surface area contributed by atoms with Crippen LogP contribution < -0.4 is 0 Å². The number of fused-ring (bicyclic) bond motifs is 3. The van der Waals surface area contributed by atoms with E-state index in [1.807, 2.05) is 0 Å². The van der Waals surface area contributed by atoms with Gasteiger partial charge in [0, 0.05) is 50.7 Å². The Bertz CT molecular complexity index is 730. The van der Waals surface area contributed by atoms with E-state index in [9.17, 15) is 0 Å². The van der Waals surface area contributed by atoms with Crippen LogP contribution in [0.3, 0.4) is 0 Å². The second kappa shape index (κ2) is 6.17. The van der Waals surface area contributed by atoms with E-state index < -0.39 is 0 Å². The number of benzene rings is 1. The average Bonchev–Trinajstić information content (AvgIpc) is 2.89. The highest BCUT2D eigenvalue weighted by molar-refractivity contribution is 5.86. The van der Waals surface area contributed by atoms with E-state index in [2.05, 4.69) is 59.7 Å². The smallest absolute Gasteiger partial charge is 0.107 e. The van der Waals surface area contributed by atoms with Crippen molar-refractivity contribution in [2.75, 3.05) is 46.4 Å². The van der Waals surface area contributed by atoms with Crippen LogP contribution in [0.1, 0.15) is 24.6 Å². The number of para-hydroxylation sites is 1. The number of piperazine rings is 1. The van der Waals surface area contributed by atoms with Gasteiger partial charge in [-0.05, 0) is 38.4 Å². The van der Waals surface area contributed by atoms with E-state index in [0.29, 0.717) is 0 Å². The number of hydrogen-bond donors (Lipinski definition) is 0. The molecule has 1 atom stereocenters. The highest BCUT2D eigenvalue weighted by Crippen LogP contribution is 2.40. The Morgan fingerprint density at radius 1 is 1.08 bits per heavy atom. The van der Waals surface area contributed by atoms with Crippen molar-refractivity contribution < 1.29 is 4.74 Å². The van der Waals surface area contributed by atoms with Gasteiger partial charge in [-0.2, -0.15) is 0 Å². The monoisotopic (exact) mass is 327 g/mol. The van der Waals surface area contributed by atoms with Gasteiger partial charge in [0.05, 0.1) is 12.3 Å². The van der Waals surface area contributed by atoms with Crippen molar-refractivity contribution in [3.8, 4) is 0 Å². The van der Waals surface area contributed by atoms with Crippen LogP contribution in [0.4, 0.5) is 0 Å². The summed E-state index contributed by atoms with van der Waals surface area (Å²) in [6, 6.07) is 8.78. The first-order chi connectivity index (χ1) is 11.6. The first-order valence-electron chi connectivity index (χ1n) is 9.20. The summed E-state index contributed by atoms with van der Waals surface area (Å²) in [6.07, 6.45) is 2.09. The van der Waals surface area contributed by atoms with Crippen molar-refractivity contribution in [2.45, 2.75) is 25.4 Å². The molecule has 1 aromatic heterocycles. The molecule has 4 heteroatoms. The third-order valence-corrected chi connectivity index (χ3v) is 5.99. The maximum absolute atomic E-state index is 6.36. The number of aromatic nitrogens is 1. The van der Waals surface area contributed by atoms with E-state index in [1.54, 1.807) is 0 Å². The van der Waals surface area contributed by atoms with Gasteiger partial charge in [0.25, 0.3) is 0 Å². The van der Waals surface area contributed by atoms with Gasteiger partial charge in [0.1, 0.15) is 5.60 Å². The van der Waals surface area contributed by atoms with Crippen molar-refractivity contribution >= 4 is 10.9 Å². The predicted octanol–water partition coefficient (Wildman–Crippen LogP) is 2.60. The number of ether oxygens (including phenoxy) is 1. The van der Waals surface area contributed by atoms with Crippen molar-refractivity contribution in [3.63, 3.8) is 0 Å². The van der Waals surface area contributed by atoms with Crippen LogP contribution >= 0.6 is 0 Å². The maximum atomic E-state index is 6.36. The molecule has 4 rings (SSSR count). The van der Waals surface area contributed by atoms with E-state index in [0.717, 1.165) is 26.0 Å². The molecule has 0 N–H and O–H groups in total. The quantitative estimate of drug-likeness (QED) is 0.864. The van der Waals surface area contributed by atoms with Crippen molar-refractivity contribution in [1.29, 1.82) is 0 Å². The molecule has 0 spiro atoms. The Kier molecular flexibility index (Phi) is 4.15. The zero-order valence-electron chi connectivity index (χ0n) is 15.2. The first-order valence-corrected chi connectivity index (χ1v) is 9.20. The molecule has 2 aliphatic rings. The summed E-state index contributed by atoms with van der Waals surface area (Å²) in [6.45, 7) is 8.95.